The standard InChI is InChI=1S/C17H20N4OS/c22-17(19-12-4-2-1-3-5-12)14-8-13(11-6-7-11)20-16(21-14)15-9-18-10-23-15/h8-12H,1-7H2,(H,19,22). The number of carbonyl (C=O) groups is 1. The van der Waals surface area contributed by atoms with Crippen LogP contribution in [0.4, 0.5) is 0 Å². The topological polar surface area (TPSA) is 67.8 Å². The first-order chi connectivity index (χ1) is 11.3. The van der Waals surface area contributed by atoms with Crippen LogP contribution in [0.2, 0.25) is 0 Å². The van der Waals surface area contributed by atoms with Crippen molar-refractivity contribution >= 4 is 17.2 Å². The summed E-state index contributed by atoms with van der Waals surface area (Å²) >= 11 is 1.51. The Bertz CT molecular complexity index is 691. The molecule has 120 valence electrons. The molecule has 2 heterocycles. The van der Waals surface area contributed by atoms with Gasteiger partial charge in [-0.1, -0.05) is 19.3 Å². The molecule has 4 rings (SSSR count). The van der Waals surface area contributed by atoms with Gasteiger partial charge in [-0.05, 0) is 31.7 Å². The maximum Gasteiger partial charge on any atom is 0.270 e. The van der Waals surface area contributed by atoms with Crippen LogP contribution >= 0.6 is 11.3 Å². The molecule has 2 aromatic rings. The number of aromatic nitrogens is 3. The summed E-state index contributed by atoms with van der Waals surface area (Å²) in [6.07, 6.45) is 9.91. The molecule has 2 fully saturated rings. The van der Waals surface area contributed by atoms with Crippen molar-refractivity contribution in [2.24, 2.45) is 0 Å². The average Bonchev–Trinajstić information content (AvgIpc) is 3.30. The minimum Gasteiger partial charge on any atom is -0.348 e. The quantitative estimate of drug-likeness (QED) is 0.932. The van der Waals surface area contributed by atoms with E-state index in [1.165, 1.54) is 30.6 Å². The van der Waals surface area contributed by atoms with Crippen molar-refractivity contribution in [1.82, 2.24) is 20.3 Å². The van der Waals surface area contributed by atoms with Gasteiger partial charge in [0, 0.05) is 23.9 Å². The van der Waals surface area contributed by atoms with Gasteiger partial charge in [0.2, 0.25) is 0 Å². The summed E-state index contributed by atoms with van der Waals surface area (Å²) in [5, 5.41) is 3.15. The second-order valence-electron chi connectivity index (χ2n) is 6.45. The zero-order valence-corrected chi connectivity index (χ0v) is 13.8. The van der Waals surface area contributed by atoms with Gasteiger partial charge in [0.1, 0.15) is 5.69 Å². The normalized spacial score (nSPS) is 18.8. The van der Waals surface area contributed by atoms with Crippen LogP contribution in [-0.4, -0.2) is 26.9 Å². The Morgan fingerprint density at radius 3 is 2.65 bits per heavy atom. The highest BCUT2D eigenvalue weighted by Crippen LogP contribution is 2.39. The number of rotatable bonds is 4. The second-order valence-corrected chi connectivity index (χ2v) is 7.34. The van der Waals surface area contributed by atoms with Gasteiger partial charge in [-0.25, -0.2) is 9.97 Å². The lowest BCUT2D eigenvalue weighted by Crippen LogP contribution is -2.36. The molecule has 0 saturated heterocycles. The molecule has 0 atom stereocenters. The van der Waals surface area contributed by atoms with E-state index in [1.807, 2.05) is 6.07 Å². The molecule has 2 aromatic heterocycles. The molecule has 0 spiro atoms. The smallest absolute Gasteiger partial charge is 0.270 e. The molecular weight excluding hydrogens is 308 g/mol. The number of hydrogen-bond donors (Lipinski definition) is 1. The van der Waals surface area contributed by atoms with E-state index in [-0.39, 0.29) is 5.91 Å². The predicted molar refractivity (Wildman–Crippen MR) is 89.5 cm³/mol. The van der Waals surface area contributed by atoms with Crippen LogP contribution in [0.5, 0.6) is 0 Å². The summed E-state index contributed by atoms with van der Waals surface area (Å²) < 4.78 is 0. The maximum absolute atomic E-state index is 12.6. The van der Waals surface area contributed by atoms with Gasteiger partial charge < -0.3 is 5.32 Å². The van der Waals surface area contributed by atoms with Crippen molar-refractivity contribution in [2.75, 3.05) is 0 Å². The molecule has 0 radical (unpaired) electrons. The summed E-state index contributed by atoms with van der Waals surface area (Å²) in [7, 11) is 0. The van der Waals surface area contributed by atoms with E-state index in [0.717, 1.165) is 36.3 Å². The Morgan fingerprint density at radius 2 is 1.96 bits per heavy atom. The van der Waals surface area contributed by atoms with Gasteiger partial charge >= 0.3 is 0 Å². The number of hydrogen-bond acceptors (Lipinski definition) is 5. The van der Waals surface area contributed by atoms with E-state index in [2.05, 4.69) is 20.3 Å². The Hall–Kier alpha value is -1.82. The van der Waals surface area contributed by atoms with Crippen LogP contribution in [0.25, 0.3) is 10.7 Å². The lowest BCUT2D eigenvalue weighted by atomic mass is 9.95. The molecule has 2 aliphatic carbocycles. The lowest BCUT2D eigenvalue weighted by Gasteiger charge is -2.22. The minimum atomic E-state index is -0.0630. The van der Waals surface area contributed by atoms with Crippen LogP contribution in [0.15, 0.2) is 17.8 Å². The Morgan fingerprint density at radius 1 is 1.13 bits per heavy atom. The minimum absolute atomic E-state index is 0.0630. The number of nitrogens with zero attached hydrogens (tertiary/aromatic N) is 3. The maximum atomic E-state index is 12.6. The predicted octanol–water partition coefficient (Wildman–Crippen LogP) is 3.54. The number of carbonyl (C=O) groups excluding carboxylic acids is 1. The molecule has 0 bridgehead atoms. The molecule has 2 saturated carbocycles. The van der Waals surface area contributed by atoms with Crippen LogP contribution in [-0.2, 0) is 0 Å². The third kappa shape index (κ3) is 3.42. The Balaban J connectivity index is 1.60. The first kappa shape index (κ1) is 14.8. The average molecular weight is 328 g/mol. The molecular formula is C17H20N4OS. The van der Waals surface area contributed by atoms with Gasteiger partial charge in [0.05, 0.1) is 10.4 Å². The van der Waals surface area contributed by atoms with E-state index < -0.39 is 0 Å². The molecule has 0 aromatic carbocycles. The fourth-order valence-electron chi connectivity index (χ4n) is 3.11. The highest BCUT2D eigenvalue weighted by Gasteiger charge is 2.28. The summed E-state index contributed by atoms with van der Waals surface area (Å²) in [4.78, 5) is 26.8. The van der Waals surface area contributed by atoms with Gasteiger partial charge in [0.25, 0.3) is 5.91 Å². The monoisotopic (exact) mass is 328 g/mol. The fourth-order valence-corrected chi connectivity index (χ4v) is 3.67. The zero-order valence-electron chi connectivity index (χ0n) is 13.0. The molecule has 0 aliphatic heterocycles. The highest BCUT2D eigenvalue weighted by atomic mass is 32.1. The number of nitrogens with one attached hydrogen (secondary N) is 1. The van der Waals surface area contributed by atoms with Crippen LogP contribution in [0.1, 0.15) is 67.0 Å². The van der Waals surface area contributed by atoms with Gasteiger partial charge in [0.15, 0.2) is 5.82 Å². The van der Waals surface area contributed by atoms with Crippen molar-refractivity contribution in [2.45, 2.75) is 56.9 Å². The summed E-state index contributed by atoms with van der Waals surface area (Å²) in [5.41, 5.74) is 3.26. The summed E-state index contributed by atoms with van der Waals surface area (Å²) in [6, 6.07) is 2.17. The third-order valence-electron chi connectivity index (χ3n) is 4.57. The van der Waals surface area contributed by atoms with Gasteiger partial charge in [-0.2, -0.15) is 0 Å². The fraction of sp³-hybridized carbons (Fsp3) is 0.529. The summed E-state index contributed by atoms with van der Waals surface area (Å²) in [6.45, 7) is 0. The van der Waals surface area contributed by atoms with E-state index in [1.54, 1.807) is 11.7 Å². The van der Waals surface area contributed by atoms with Crippen molar-refractivity contribution in [1.29, 1.82) is 0 Å². The van der Waals surface area contributed by atoms with Crippen LogP contribution in [0, 0.1) is 0 Å². The van der Waals surface area contributed by atoms with Crippen molar-refractivity contribution in [3.05, 3.63) is 29.2 Å². The molecule has 5 nitrogen and oxygen atoms in total. The molecule has 2 aliphatic rings. The van der Waals surface area contributed by atoms with Gasteiger partial charge in [-0.15, -0.1) is 11.3 Å². The Kier molecular flexibility index (Phi) is 4.08. The molecule has 23 heavy (non-hydrogen) atoms. The largest absolute Gasteiger partial charge is 0.348 e. The summed E-state index contributed by atoms with van der Waals surface area (Å²) in [5.74, 6) is 1.06. The van der Waals surface area contributed by atoms with Gasteiger partial charge in [-0.3, -0.25) is 9.78 Å². The molecule has 6 heteroatoms. The molecule has 1 amide bonds. The van der Waals surface area contributed by atoms with Crippen LogP contribution < -0.4 is 5.32 Å². The van der Waals surface area contributed by atoms with E-state index in [0.29, 0.717) is 23.5 Å². The lowest BCUT2D eigenvalue weighted by molar-refractivity contribution is 0.0922. The van der Waals surface area contributed by atoms with E-state index >= 15 is 0 Å². The number of amides is 1. The molecule has 0 unspecified atom stereocenters. The Labute approximate surface area is 139 Å². The third-order valence-corrected chi connectivity index (χ3v) is 5.34. The SMILES string of the molecule is O=C(NC1CCCCC1)c1cc(C2CC2)nc(-c2cncs2)n1. The first-order valence-corrected chi connectivity index (χ1v) is 9.26. The van der Waals surface area contributed by atoms with E-state index in [4.69, 9.17) is 0 Å². The molecule has 1 N–H and O–H groups in total. The van der Waals surface area contributed by atoms with Crippen molar-refractivity contribution in [3.63, 3.8) is 0 Å². The van der Waals surface area contributed by atoms with Crippen molar-refractivity contribution in [3.8, 4) is 10.7 Å². The van der Waals surface area contributed by atoms with Crippen molar-refractivity contribution < 1.29 is 4.79 Å². The second kappa shape index (κ2) is 6.35. The number of thiazole rings is 1. The first-order valence-electron chi connectivity index (χ1n) is 8.38. The highest BCUT2D eigenvalue weighted by molar-refractivity contribution is 7.13. The zero-order chi connectivity index (χ0) is 15.6. The van der Waals surface area contributed by atoms with Crippen LogP contribution in [0.3, 0.4) is 0 Å². The van der Waals surface area contributed by atoms with E-state index in [9.17, 15) is 4.79 Å².